The van der Waals surface area contributed by atoms with Crippen LogP contribution in [0.2, 0.25) is 0 Å². The van der Waals surface area contributed by atoms with E-state index in [9.17, 15) is 4.79 Å². The molecule has 2 aromatic heterocycles. The van der Waals surface area contributed by atoms with E-state index in [1.165, 1.54) is 11.8 Å². The van der Waals surface area contributed by atoms with E-state index < -0.39 is 0 Å². The molecule has 1 saturated heterocycles. The van der Waals surface area contributed by atoms with E-state index in [1.54, 1.807) is 13.1 Å². The summed E-state index contributed by atoms with van der Waals surface area (Å²) in [5.41, 5.74) is 0.955. The average molecular weight is 336 g/mol. The van der Waals surface area contributed by atoms with Crippen LogP contribution >= 0.6 is 11.8 Å². The highest BCUT2D eigenvalue weighted by atomic mass is 32.2. The molecule has 23 heavy (non-hydrogen) atoms. The first-order valence-corrected chi connectivity index (χ1v) is 8.40. The summed E-state index contributed by atoms with van der Waals surface area (Å²) in [5.74, 6) is 0.833. The van der Waals surface area contributed by atoms with Crippen molar-refractivity contribution in [1.29, 1.82) is 0 Å². The Kier molecular flexibility index (Phi) is 3.77. The smallest absolute Gasteiger partial charge is 0.277 e. The fraction of sp³-hybridized carbons (Fsp3) is 0.615. The molecule has 2 aliphatic heterocycles. The summed E-state index contributed by atoms with van der Waals surface area (Å²) in [5, 5.41) is 16.1. The number of ether oxygens (including phenoxy) is 1. The van der Waals surface area contributed by atoms with E-state index in [0.717, 1.165) is 12.1 Å². The van der Waals surface area contributed by atoms with Crippen LogP contribution in [0, 0.1) is 6.92 Å². The fourth-order valence-corrected chi connectivity index (χ4v) is 3.66. The van der Waals surface area contributed by atoms with Crippen molar-refractivity contribution in [1.82, 2.24) is 30.1 Å². The second-order valence-electron chi connectivity index (χ2n) is 5.59. The topological polar surface area (TPSA) is 99.2 Å². The van der Waals surface area contributed by atoms with Crippen molar-refractivity contribution in [2.75, 3.05) is 18.8 Å². The third-order valence-corrected chi connectivity index (χ3v) is 4.91. The predicted octanol–water partition coefficient (Wildman–Crippen LogP) is 0.434. The van der Waals surface area contributed by atoms with Crippen LogP contribution in [0.1, 0.15) is 24.0 Å². The third-order valence-electron chi connectivity index (χ3n) is 4.11. The van der Waals surface area contributed by atoms with Gasteiger partial charge in [0.1, 0.15) is 0 Å². The number of likely N-dealkylation sites (tertiary alicyclic amines) is 1. The minimum Gasteiger partial charge on any atom is -0.416 e. The largest absolute Gasteiger partial charge is 0.416 e. The number of hydrogen-bond acceptors (Lipinski definition) is 8. The molecule has 0 radical (unpaired) electrons. The highest BCUT2D eigenvalue weighted by Gasteiger charge is 2.37. The normalized spacial score (nSPS) is 23.4. The molecule has 0 saturated carbocycles. The van der Waals surface area contributed by atoms with Crippen molar-refractivity contribution in [3.8, 4) is 0 Å². The first kappa shape index (κ1) is 14.6. The Balaban J connectivity index is 1.40. The third kappa shape index (κ3) is 2.83. The lowest BCUT2D eigenvalue weighted by atomic mass is 10.0. The maximum Gasteiger partial charge on any atom is 0.277 e. The second kappa shape index (κ2) is 5.93. The highest BCUT2D eigenvalue weighted by Crippen LogP contribution is 2.30. The number of aromatic nitrogens is 5. The Morgan fingerprint density at radius 1 is 1.48 bits per heavy atom. The molecule has 2 aliphatic rings. The minimum atomic E-state index is 0.0367. The number of rotatable bonds is 3. The monoisotopic (exact) mass is 336 g/mol. The number of nitrogens with zero attached hydrogens (tertiary/aromatic N) is 6. The number of thioether (sulfide) groups is 1. The molecule has 0 spiro atoms. The molecule has 0 N–H and O–H groups in total. The van der Waals surface area contributed by atoms with E-state index in [2.05, 4.69) is 20.5 Å². The van der Waals surface area contributed by atoms with E-state index >= 15 is 0 Å². The van der Waals surface area contributed by atoms with Crippen molar-refractivity contribution >= 4 is 17.7 Å². The lowest BCUT2D eigenvalue weighted by molar-refractivity contribution is -0.135. The van der Waals surface area contributed by atoms with E-state index in [4.69, 9.17) is 9.15 Å². The maximum atomic E-state index is 12.4. The first-order chi connectivity index (χ1) is 11.2. The van der Waals surface area contributed by atoms with Crippen LogP contribution in [0.15, 0.2) is 15.8 Å². The molecule has 4 rings (SSSR count). The molecule has 0 aromatic carbocycles. The number of carbonyl (C=O) groups is 1. The van der Waals surface area contributed by atoms with Gasteiger partial charge in [0, 0.05) is 20.0 Å². The molecule has 9 nitrogen and oxygen atoms in total. The van der Waals surface area contributed by atoms with Gasteiger partial charge in [-0.1, -0.05) is 17.0 Å². The summed E-state index contributed by atoms with van der Waals surface area (Å²) >= 11 is 1.26. The lowest BCUT2D eigenvalue weighted by Crippen LogP contribution is -2.50. The minimum absolute atomic E-state index is 0.0367. The van der Waals surface area contributed by atoms with Crippen LogP contribution in [-0.2, 0) is 16.1 Å². The molecule has 1 fully saturated rings. The van der Waals surface area contributed by atoms with Gasteiger partial charge in [-0.25, -0.2) is 4.68 Å². The number of hydrogen-bond donors (Lipinski definition) is 0. The van der Waals surface area contributed by atoms with Gasteiger partial charge in [-0.2, -0.15) is 0 Å². The van der Waals surface area contributed by atoms with Crippen molar-refractivity contribution in [2.45, 2.75) is 37.3 Å². The van der Waals surface area contributed by atoms with Gasteiger partial charge in [0.05, 0.1) is 36.4 Å². The number of aryl methyl sites for hydroxylation is 1. The molecule has 0 bridgehead atoms. The quantitative estimate of drug-likeness (QED) is 0.744. The SMILES string of the molecule is Cc1nnc(SCC(=O)N2CC[C@@H]3OCc4cnnn4[C@H]3C2)o1. The van der Waals surface area contributed by atoms with Gasteiger partial charge in [0.15, 0.2) is 0 Å². The fourth-order valence-electron chi connectivity index (χ4n) is 2.96. The Hall–Kier alpha value is -1.94. The molecule has 1 amide bonds. The molecule has 122 valence electrons. The summed E-state index contributed by atoms with van der Waals surface area (Å²) in [6.45, 7) is 3.54. The van der Waals surface area contributed by atoms with Crippen molar-refractivity contribution in [2.24, 2.45) is 0 Å². The summed E-state index contributed by atoms with van der Waals surface area (Å²) < 4.78 is 13.0. The molecule has 4 heterocycles. The molecular weight excluding hydrogens is 320 g/mol. The predicted molar refractivity (Wildman–Crippen MR) is 78.6 cm³/mol. The van der Waals surface area contributed by atoms with Gasteiger partial charge >= 0.3 is 0 Å². The van der Waals surface area contributed by atoms with Crippen molar-refractivity contribution in [3.63, 3.8) is 0 Å². The van der Waals surface area contributed by atoms with Crippen LogP contribution in [0.5, 0.6) is 0 Å². The molecule has 0 unspecified atom stereocenters. The van der Waals surface area contributed by atoms with Gasteiger partial charge in [-0.05, 0) is 6.42 Å². The van der Waals surface area contributed by atoms with Crippen LogP contribution in [-0.4, -0.2) is 60.9 Å². The second-order valence-corrected chi connectivity index (χ2v) is 6.52. The standard InChI is InChI=1S/C13H16N6O3S/c1-8-15-16-13(22-8)23-7-12(20)18-3-2-11-10(5-18)19-9(6-21-11)4-14-17-19/h4,10-11H,2-3,5-7H2,1H3/t10-,11-/m0/s1. The van der Waals surface area contributed by atoms with E-state index in [-0.39, 0.29) is 23.8 Å². The van der Waals surface area contributed by atoms with Gasteiger partial charge in [0.25, 0.3) is 5.22 Å². The Bertz CT molecular complexity index is 716. The van der Waals surface area contributed by atoms with Gasteiger partial charge < -0.3 is 14.1 Å². The summed E-state index contributed by atoms with van der Waals surface area (Å²) in [7, 11) is 0. The van der Waals surface area contributed by atoms with Gasteiger partial charge in [0.2, 0.25) is 11.8 Å². The van der Waals surface area contributed by atoms with Crippen LogP contribution in [0.3, 0.4) is 0 Å². The van der Waals surface area contributed by atoms with Crippen LogP contribution in [0.25, 0.3) is 0 Å². The number of fused-ring (bicyclic) bond motifs is 3. The highest BCUT2D eigenvalue weighted by molar-refractivity contribution is 7.99. The Labute approximate surface area is 136 Å². The van der Waals surface area contributed by atoms with Gasteiger partial charge in [-0.3, -0.25) is 4.79 Å². The van der Waals surface area contributed by atoms with Crippen LogP contribution < -0.4 is 0 Å². The molecule has 10 heteroatoms. The zero-order valence-corrected chi connectivity index (χ0v) is 13.4. The number of carbonyl (C=O) groups excluding carboxylic acids is 1. The Morgan fingerprint density at radius 3 is 3.22 bits per heavy atom. The van der Waals surface area contributed by atoms with E-state index in [0.29, 0.717) is 30.8 Å². The lowest BCUT2D eigenvalue weighted by Gasteiger charge is -2.40. The van der Waals surface area contributed by atoms with E-state index in [1.807, 2.05) is 9.58 Å². The number of piperidine rings is 1. The summed E-state index contributed by atoms with van der Waals surface area (Å²) in [4.78, 5) is 14.3. The summed E-state index contributed by atoms with van der Waals surface area (Å²) in [6.07, 6.45) is 2.62. The Morgan fingerprint density at radius 2 is 2.39 bits per heavy atom. The summed E-state index contributed by atoms with van der Waals surface area (Å²) in [6, 6.07) is 0.0367. The molecule has 2 aromatic rings. The average Bonchev–Trinajstić information content (AvgIpc) is 3.20. The zero-order valence-electron chi connectivity index (χ0n) is 12.6. The molecule has 0 aliphatic carbocycles. The maximum absolute atomic E-state index is 12.4. The zero-order chi connectivity index (χ0) is 15.8. The number of amides is 1. The molecular formula is C13H16N6O3S. The van der Waals surface area contributed by atoms with Gasteiger partial charge in [-0.15, -0.1) is 15.3 Å². The van der Waals surface area contributed by atoms with Crippen molar-refractivity contribution in [3.05, 3.63) is 17.8 Å². The molecule has 2 atom stereocenters. The first-order valence-electron chi connectivity index (χ1n) is 7.42. The van der Waals surface area contributed by atoms with Crippen molar-refractivity contribution < 1.29 is 13.9 Å². The van der Waals surface area contributed by atoms with Crippen LogP contribution in [0.4, 0.5) is 0 Å².